The maximum absolute atomic E-state index is 6.54. The van der Waals surface area contributed by atoms with Crippen molar-refractivity contribution in [3.05, 3.63) is 275 Å². The monoisotopic (exact) mass is 765 g/mol. The van der Waals surface area contributed by atoms with Crippen LogP contribution in [-0.2, 0) is 11.8 Å². The average Bonchev–Trinajstić information content (AvgIpc) is 3.32. The van der Waals surface area contributed by atoms with Gasteiger partial charge in [-0.25, -0.2) is 0 Å². The molecule has 7 aromatic carbocycles. The predicted molar refractivity (Wildman–Crippen MR) is 251 cm³/mol. The third-order valence-electron chi connectivity index (χ3n) is 10.9. The lowest BCUT2D eigenvalue weighted by molar-refractivity contribution is 0.434. The normalized spacial score (nSPS) is 14.1. The summed E-state index contributed by atoms with van der Waals surface area (Å²) in [7, 11) is 0. The Morgan fingerprint density at radius 3 is 1.73 bits per heavy atom. The van der Waals surface area contributed by atoms with Gasteiger partial charge in [0.25, 0.3) is 0 Å². The van der Waals surface area contributed by atoms with Gasteiger partial charge in [0, 0.05) is 11.1 Å². The zero-order chi connectivity index (χ0) is 41.0. The fourth-order valence-electron chi connectivity index (χ4n) is 7.92. The highest BCUT2D eigenvalue weighted by Gasteiger charge is 2.46. The van der Waals surface area contributed by atoms with Crippen LogP contribution in [-0.4, -0.2) is 0 Å². The van der Waals surface area contributed by atoms with Crippen molar-refractivity contribution in [3.63, 3.8) is 0 Å². The van der Waals surface area contributed by atoms with E-state index in [1.54, 1.807) is 6.20 Å². The predicted octanol–water partition coefficient (Wildman–Crippen LogP) is 14.4. The van der Waals surface area contributed by atoms with Crippen LogP contribution in [0.15, 0.2) is 225 Å². The Morgan fingerprint density at radius 1 is 0.593 bits per heavy atom. The third-order valence-corrected chi connectivity index (χ3v) is 10.9. The molecule has 1 heterocycles. The summed E-state index contributed by atoms with van der Waals surface area (Å²) in [5.74, 6) is 1.72. The standard InChI is InChI=1S/C43H35NO.2C7H8/c1-3-4-11-32(26-27-44)33-20-22-34(23-21-33)36-24-25-37-28-35-13-6-5-12-31(35)19-18-30(2)43(40(37)29-36)38-14-7-9-16-41(38)45-42-17-10-8-15-39(42)43;2*1-7-5-3-2-4-6-7/h3-27,29H,2,28,44H2,1H3;2*2-6H,1H3/b4-3+,19-18-,27-26-,32-11+;;. The van der Waals surface area contributed by atoms with E-state index in [4.69, 9.17) is 17.0 Å². The minimum atomic E-state index is -0.649. The van der Waals surface area contributed by atoms with Crippen LogP contribution in [0.1, 0.15) is 57.0 Å². The molecule has 0 saturated carbocycles. The van der Waals surface area contributed by atoms with Crippen molar-refractivity contribution in [2.45, 2.75) is 32.6 Å². The highest BCUT2D eigenvalue weighted by Crippen LogP contribution is 2.57. The molecule has 0 unspecified atom stereocenters. The van der Waals surface area contributed by atoms with Crippen LogP contribution in [0.2, 0.25) is 0 Å². The number of ether oxygens (including phenoxy) is 1. The number of fused-ring (bicyclic) bond motifs is 7. The first-order chi connectivity index (χ1) is 28.9. The van der Waals surface area contributed by atoms with Gasteiger partial charge in [-0.2, -0.15) is 0 Å². The minimum Gasteiger partial charge on any atom is -0.457 e. The Labute approximate surface area is 350 Å². The van der Waals surface area contributed by atoms with Crippen LogP contribution in [0.5, 0.6) is 11.5 Å². The van der Waals surface area contributed by atoms with Gasteiger partial charge in [0.1, 0.15) is 11.5 Å². The first-order valence-corrected chi connectivity index (χ1v) is 20.2. The summed E-state index contributed by atoms with van der Waals surface area (Å²) in [4.78, 5) is 0. The molecule has 2 nitrogen and oxygen atoms in total. The van der Waals surface area contributed by atoms with Crippen molar-refractivity contribution in [2.75, 3.05) is 0 Å². The lowest BCUT2D eigenvalue weighted by Crippen LogP contribution is -2.35. The second kappa shape index (κ2) is 18.9. The van der Waals surface area contributed by atoms with Crippen molar-refractivity contribution >= 4 is 11.6 Å². The van der Waals surface area contributed by atoms with Crippen molar-refractivity contribution < 1.29 is 4.74 Å². The van der Waals surface area contributed by atoms with Gasteiger partial charge < -0.3 is 10.5 Å². The van der Waals surface area contributed by atoms with Gasteiger partial charge in [-0.3, -0.25) is 0 Å². The van der Waals surface area contributed by atoms with Crippen LogP contribution in [0, 0.1) is 13.8 Å². The molecule has 1 aliphatic carbocycles. The second-order valence-corrected chi connectivity index (χ2v) is 14.8. The molecule has 0 fully saturated rings. The summed E-state index contributed by atoms with van der Waals surface area (Å²) < 4.78 is 6.54. The largest absolute Gasteiger partial charge is 0.457 e. The lowest BCUT2D eigenvalue weighted by Gasteiger charge is -2.42. The van der Waals surface area contributed by atoms with E-state index in [9.17, 15) is 0 Å². The van der Waals surface area contributed by atoms with Crippen LogP contribution in [0.4, 0.5) is 0 Å². The number of nitrogens with two attached hydrogens (primary N) is 1. The van der Waals surface area contributed by atoms with Gasteiger partial charge in [0.05, 0.1) is 5.41 Å². The summed E-state index contributed by atoms with van der Waals surface area (Å²) in [6.45, 7) is 11.0. The third kappa shape index (κ3) is 8.88. The molecule has 0 atom stereocenters. The average molecular weight is 766 g/mol. The molecule has 2 N–H and O–H groups in total. The molecule has 59 heavy (non-hydrogen) atoms. The molecule has 0 aromatic heterocycles. The van der Waals surface area contributed by atoms with E-state index in [1.807, 2.05) is 73.7 Å². The van der Waals surface area contributed by atoms with Gasteiger partial charge in [-0.15, -0.1) is 0 Å². The number of hydrogen-bond donors (Lipinski definition) is 1. The molecule has 0 bridgehead atoms. The molecule has 1 aliphatic heterocycles. The van der Waals surface area contributed by atoms with Gasteiger partial charge in [-0.05, 0) is 108 Å². The van der Waals surface area contributed by atoms with E-state index >= 15 is 0 Å². The quantitative estimate of drug-likeness (QED) is 0.181. The van der Waals surface area contributed by atoms with Crippen molar-refractivity contribution in [3.8, 4) is 22.6 Å². The smallest absolute Gasteiger partial charge is 0.132 e. The summed E-state index contributed by atoms with van der Waals surface area (Å²) in [6.07, 6.45) is 14.9. The van der Waals surface area contributed by atoms with E-state index in [0.717, 1.165) is 56.9 Å². The van der Waals surface area contributed by atoms with Crippen LogP contribution in [0.25, 0.3) is 22.8 Å². The number of hydrogen-bond acceptors (Lipinski definition) is 2. The highest BCUT2D eigenvalue weighted by atomic mass is 16.5. The Balaban J connectivity index is 0.000000318. The Bertz CT molecular complexity index is 2560. The number of benzene rings is 7. The Morgan fingerprint density at radius 2 is 1.15 bits per heavy atom. The van der Waals surface area contributed by atoms with Crippen molar-refractivity contribution in [2.24, 2.45) is 5.73 Å². The lowest BCUT2D eigenvalue weighted by atomic mass is 9.62. The molecule has 9 rings (SSSR count). The summed E-state index contributed by atoms with van der Waals surface area (Å²) >= 11 is 0. The number of allylic oxidation sites excluding steroid dienone is 7. The molecule has 2 heteroatoms. The highest BCUT2D eigenvalue weighted by molar-refractivity contribution is 5.79. The van der Waals surface area contributed by atoms with Crippen LogP contribution in [0.3, 0.4) is 0 Å². The van der Waals surface area contributed by atoms with Crippen molar-refractivity contribution in [1.82, 2.24) is 0 Å². The van der Waals surface area contributed by atoms with Gasteiger partial charge in [0.15, 0.2) is 0 Å². The maximum Gasteiger partial charge on any atom is 0.132 e. The van der Waals surface area contributed by atoms with Gasteiger partial charge >= 0.3 is 0 Å². The minimum absolute atomic E-state index is 0.649. The zero-order valence-electron chi connectivity index (χ0n) is 34.2. The van der Waals surface area contributed by atoms with Crippen LogP contribution < -0.4 is 10.5 Å². The molecular formula is C57H51NO. The first kappa shape index (κ1) is 40.1. The Hall–Kier alpha value is -7.16. The van der Waals surface area contributed by atoms with E-state index in [2.05, 4.69) is 159 Å². The zero-order valence-corrected chi connectivity index (χ0v) is 34.2. The molecule has 290 valence electrons. The summed E-state index contributed by atoms with van der Waals surface area (Å²) in [6, 6.07) is 61.7. The molecule has 2 aliphatic rings. The summed E-state index contributed by atoms with van der Waals surface area (Å²) in [5, 5.41) is 0. The SMILES string of the molecule is C=C1/C=C\c2ccccc2Cc2ccc(-c3ccc(C(/C=C\N)=C/C=C/C)cc3)cc2C12c1ccccc1Oc1ccccc12.Cc1ccccc1.Cc1ccccc1. The molecular weight excluding hydrogens is 715 g/mol. The van der Waals surface area contributed by atoms with Crippen molar-refractivity contribution in [1.29, 1.82) is 0 Å². The van der Waals surface area contributed by atoms with E-state index < -0.39 is 5.41 Å². The van der Waals surface area contributed by atoms with Crippen LogP contribution >= 0.6 is 0 Å². The number of aryl methyl sites for hydroxylation is 2. The van der Waals surface area contributed by atoms with Gasteiger partial charge in [0.2, 0.25) is 0 Å². The summed E-state index contributed by atoms with van der Waals surface area (Å²) in [5.41, 5.74) is 20.4. The number of rotatable bonds is 4. The fourth-order valence-corrected chi connectivity index (χ4v) is 7.92. The second-order valence-electron chi connectivity index (χ2n) is 14.8. The van der Waals surface area contributed by atoms with E-state index in [-0.39, 0.29) is 0 Å². The first-order valence-electron chi connectivity index (χ1n) is 20.2. The Kier molecular flexibility index (Phi) is 12.8. The molecule has 0 saturated heterocycles. The molecule has 0 amide bonds. The van der Waals surface area contributed by atoms with E-state index in [0.29, 0.717) is 0 Å². The maximum atomic E-state index is 6.54. The molecule has 0 radical (unpaired) electrons. The number of para-hydroxylation sites is 2. The van der Waals surface area contributed by atoms with Gasteiger partial charge in [-0.1, -0.05) is 206 Å². The fraction of sp³-hybridized carbons (Fsp3) is 0.0877. The molecule has 7 aromatic rings. The topological polar surface area (TPSA) is 35.2 Å². The van der Waals surface area contributed by atoms with E-state index in [1.165, 1.54) is 33.4 Å². The molecule has 1 spiro atoms.